The van der Waals surface area contributed by atoms with Crippen LogP contribution in [-0.2, 0) is 32.2 Å². The molecule has 1 fully saturated rings. The second-order valence-corrected chi connectivity index (χ2v) is 12.1. The molecular weight excluding hydrogens is 588 g/mol. The lowest BCUT2D eigenvalue weighted by molar-refractivity contribution is -0.131. The van der Waals surface area contributed by atoms with E-state index in [9.17, 15) is 19.2 Å². The molecule has 4 amide bonds. The Kier molecular flexibility index (Phi) is 11.1. The van der Waals surface area contributed by atoms with E-state index >= 15 is 0 Å². The highest BCUT2D eigenvalue weighted by atomic mass is 16.6. The molecule has 12 heteroatoms. The van der Waals surface area contributed by atoms with E-state index in [2.05, 4.69) is 20.9 Å². The van der Waals surface area contributed by atoms with Crippen LogP contribution in [0.3, 0.4) is 0 Å². The van der Waals surface area contributed by atoms with E-state index in [1.807, 2.05) is 42.5 Å². The van der Waals surface area contributed by atoms with E-state index in [0.29, 0.717) is 18.5 Å². The second kappa shape index (κ2) is 15.2. The fourth-order valence-electron chi connectivity index (χ4n) is 4.92. The summed E-state index contributed by atoms with van der Waals surface area (Å²) in [6.07, 6.45) is 2.40. The lowest BCUT2D eigenvalue weighted by Gasteiger charge is -2.28. The third kappa shape index (κ3) is 9.62. The summed E-state index contributed by atoms with van der Waals surface area (Å²) >= 11 is 0. The van der Waals surface area contributed by atoms with Gasteiger partial charge in [0.1, 0.15) is 30.1 Å². The topological polar surface area (TPSA) is 163 Å². The Labute approximate surface area is 268 Å². The molecule has 2 unspecified atom stereocenters. The van der Waals surface area contributed by atoms with Crippen molar-refractivity contribution in [2.75, 3.05) is 6.54 Å². The van der Waals surface area contributed by atoms with Crippen LogP contribution in [-0.4, -0.2) is 63.9 Å². The van der Waals surface area contributed by atoms with Gasteiger partial charge < -0.3 is 20.1 Å². The zero-order valence-corrected chi connectivity index (χ0v) is 26.4. The molecule has 1 saturated heterocycles. The van der Waals surface area contributed by atoms with Crippen molar-refractivity contribution in [2.45, 2.75) is 70.9 Å². The maximum absolute atomic E-state index is 13.4. The highest BCUT2D eigenvalue weighted by molar-refractivity contribution is 6.04. The molecule has 3 atom stereocenters. The van der Waals surface area contributed by atoms with Crippen LogP contribution in [0.2, 0.25) is 0 Å². The van der Waals surface area contributed by atoms with E-state index in [0.717, 1.165) is 16.7 Å². The summed E-state index contributed by atoms with van der Waals surface area (Å²) in [6.45, 7) is 7.44. The molecule has 1 aliphatic heterocycles. The Morgan fingerprint density at radius 1 is 0.978 bits per heavy atom. The number of hydrogen-bond acceptors (Lipinski definition) is 8. The highest BCUT2D eigenvalue weighted by Crippen LogP contribution is 2.33. The minimum atomic E-state index is -0.869. The first-order chi connectivity index (χ1) is 21.9. The second-order valence-electron chi connectivity index (χ2n) is 12.1. The number of nitrogens with zero attached hydrogens (tertiary/aromatic N) is 2. The predicted octanol–water partition coefficient (Wildman–Crippen LogP) is 4.25. The van der Waals surface area contributed by atoms with Crippen LogP contribution in [0.25, 0.3) is 0 Å². The van der Waals surface area contributed by atoms with E-state index < -0.39 is 41.7 Å². The number of carbonyl (C=O) groups is 4. The van der Waals surface area contributed by atoms with E-state index in [-0.39, 0.29) is 24.9 Å². The third-order valence-corrected chi connectivity index (χ3v) is 7.31. The van der Waals surface area contributed by atoms with Gasteiger partial charge in [-0.2, -0.15) is 0 Å². The zero-order chi connectivity index (χ0) is 33.3. The minimum Gasteiger partial charge on any atom is -0.444 e. The largest absolute Gasteiger partial charge is 0.444 e. The van der Waals surface area contributed by atoms with Crippen LogP contribution in [0.15, 0.2) is 79.1 Å². The van der Waals surface area contributed by atoms with Crippen molar-refractivity contribution in [3.63, 3.8) is 0 Å². The quantitative estimate of drug-likeness (QED) is 0.203. The average Bonchev–Trinajstić information content (AvgIpc) is 3.49. The van der Waals surface area contributed by atoms with Crippen molar-refractivity contribution in [2.24, 2.45) is 0 Å². The fourth-order valence-corrected chi connectivity index (χ4v) is 4.92. The number of alkyl carbamates (subject to hydrolysis) is 1. The van der Waals surface area contributed by atoms with Crippen molar-refractivity contribution in [3.8, 4) is 0 Å². The minimum absolute atomic E-state index is 0.0880. The smallest absolute Gasteiger partial charge is 0.413 e. The summed E-state index contributed by atoms with van der Waals surface area (Å²) in [5.74, 6) is -1.05. The molecule has 4 N–H and O–H groups in total. The molecule has 1 aromatic heterocycles. The van der Waals surface area contributed by atoms with Crippen molar-refractivity contribution in [1.82, 2.24) is 25.8 Å². The molecule has 242 valence electrons. The number of aromatic nitrogens is 1. The van der Waals surface area contributed by atoms with Gasteiger partial charge >= 0.3 is 12.2 Å². The Morgan fingerprint density at radius 2 is 1.65 bits per heavy atom. The van der Waals surface area contributed by atoms with Crippen LogP contribution in [0.5, 0.6) is 0 Å². The summed E-state index contributed by atoms with van der Waals surface area (Å²) in [5, 5.41) is 16.1. The molecule has 0 bridgehead atoms. The van der Waals surface area contributed by atoms with Gasteiger partial charge in [-0.3, -0.25) is 30.2 Å². The van der Waals surface area contributed by atoms with Crippen LogP contribution in [0.1, 0.15) is 62.3 Å². The number of likely N-dealkylation sites (tertiary alicyclic amines) is 1. The molecule has 2 aromatic carbocycles. The number of ether oxygens (including phenoxy) is 2. The first-order valence-electron chi connectivity index (χ1n) is 15.0. The Hall–Kier alpha value is -5.26. The van der Waals surface area contributed by atoms with Crippen molar-refractivity contribution >= 4 is 29.8 Å². The van der Waals surface area contributed by atoms with Crippen molar-refractivity contribution in [1.29, 1.82) is 5.41 Å². The van der Waals surface area contributed by atoms with Gasteiger partial charge in [0.25, 0.3) is 0 Å². The SMILES string of the molecule is CC(NC(=O)C1C[C@@H](c2ccncc2)CN1C(=O)OC(C)(C)C)C(=O)NCc1ccc(C(=N)NC(=O)OCc2ccccc2)cc1. The maximum Gasteiger partial charge on any atom is 0.413 e. The number of amides is 4. The monoisotopic (exact) mass is 628 g/mol. The fraction of sp³-hybridized carbons (Fsp3) is 0.353. The molecule has 12 nitrogen and oxygen atoms in total. The first kappa shape index (κ1) is 33.6. The summed E-state index contributed by atoms with van der Waals surface area (Å²) in [4.78, 5) is 56.8. The van der Waals surface area contributed by atoms with Gasteiger partial charge in [-0.1, -0.05) is 54.6 Å². The van der Waals surface area contributed by atoms with Gasteiger partial charge in [0, 0.05) is 37.0 Å². The predicted molar refractivity (Wildman–Crippen MR) is 171 cm³/mol. The number of nitrogens with one attached hydrogen (secondary N) is 4. The maximum atomic E-state index is 13.4. The molecule has 0 spiro atoms. The molecule has 2 heterocycles. The van der Waals surface area contributed by atoms with Gasteiger partial charge in [0.15, 0.2) is 0 Å². The Balaban J connectivity index is 1.27. The summed E-state index contributed by atoms with van der Waals surface area (Å²) in [6, 6.07) is 18.0. The highest BCUT2D eigenvalue weighted by Gasteiger charge is 2.42. The number of amidine groups is 1. The average molecular weight is 629 g/mol. The molecule has 0 aliphatic carbocycles. The van der Waals surface area contributed by atoms with Crippen LogP contribution < -0.4 is 16.0 Å². The number of pyridine rings is 1. The van der Waals surface area contributed by atoms with Crippen LogP contribution >= 0.6 is 0 Å². The van der Waals surface area contributed by atoms with Crippen LogP contribution in [0, 0.1) is 5.41 Å². The molecular formula is C34H40N6O6. The van der Waals surface area contributed by atoms with Gasteiger partial charge in [0.2, 0.25) is 11.8 Å². The Bertz CT molecular complexity index is 1530. The van der Waals surface area contributed by atoms with Gasteiger partial charge in [-0.15, -0.1) is 0 Å². The van der Waals surface area contributed by atoms with E-state index in [1.54, 1.807) is 64.4 Å². The molecule has 1 aliphatic rings. The molecule has 0 saturated carbocycles. The van der Waals surface area contributed by atoms with E-state index in [1.165, 1.54) is 4.90 Å². The van der Waals surface area contributed by atoms with E-state index in [4.69, 9.17) is 14.9 Å². The summed E-state index contributed by atoms with van der Waals surface area (Å²) in [5.41, 5.74) is 2.28. The number of rotatable bonds is 9. The van der Waals surface area contributed by atoms with Gasteiger partial charge in [-0.05, 0) is 62.9 Å². The Morgan fingerprint density at radius 3 is 2.30 bits per heavy atom. The number of benzene rings is 2. The van der Waals surface area contributed by atoms with Crippen molar-refractivity contribution in [3.05, 3.63) is 101 Å². The summed E-state index contributed by atoms with van der Waals surface area (Å²) < 4.78 is 10.7. The third-order valence-electron chi connectivity index (χ3n) is 7.31. The van der Waals surface area contributed by atoms with Gasteiger partial charge in [-0.25, -0.2) is 9.59 Å². The summed E-state index contributed by atoms with van der Waals surface area (Å²) in [7, 11) is 0. The zero-order valence-electron chi connectivity index (χ0n) is 26.4. The van der Waals surface area contributed by atoms with Crippen LogP contribution in [0.4, 0.5) is 9.59 Å². The lowest BCUT2D eigenvalue weighted by Crippen LogP contribution is -2.52. The normalized spacial score (nSPS) is 16.6. The molecule has 3 aromatic rings. The first-order valence-corrected chi connectivity index (χ1v) is 15.0. The standard InChI is InChI=1S/C34H40N6O6/c1-22(38-31(42)28-18-27(25-14-16-36-17-15-25)20-40(28)33(44)46-34(2,3)4)30(41)37-19-23-10-12-26(13-11-23)29(35)39-32(43)45-21-24-8-6-5-7-9-24/h5-17,22,27-28H,18-21H2,1-4H3,(H,37,41)(H,38,42)(H2,35,39,43)/t22?,27-,28?/m1/s1. The number of hydrogen-bond donors (Lipinski definition) is 4. The molecule has 46 heavy (non-hydrogen) atoms. The van der Waals surface area contributed by atoms with Gasteiger partial charge in [0.05, 0.1) is 0 Å². The molecule has 0 radical (unpaired) electrons. The van der Waals surface area contributed by atoms with Crippen molar-refractivity contribution < 1.29 is 28.7 Å². The lowest BCUT2D eigenvalue weighted by atomic mass is 9.97. The molecule has 4 rings (SSSR count). The number of carbonyl (C=O) groups excluding carboxylic acids is 4.